The predicted octanol–water partition coefficient (Wildman–Crippen LogP) is 4.33. The Hall–Kier alpha value is -2.61. The van der Waals surface area contributed by atoms with Crippen LogP contribution in [0.2, 0.25) is 0 Å². The molecule has 130 valence electrons. The largest absolute Gasteiger partial charge is 0.390 e. The maximum atomic E-state index is 14.9. The van der Waals surface area contributed by atoms with Crippen molar-refractivity contribution in [3.05, 3.63) is 54.1 Å². The molecule has 1 fully saturated rings. The molecule has 0 bridgehead atoms. The van der Waals surface area contributed by atoms with E-state index in [0.717, 1.165) is 5.56 Å². The van der Waals surface area contributed by atoms with Crippen molar-refractivity contribution in [2.75, 3.05) is 0 Å². The van der Waals surface area contributed by atoms with E-state index in [4.69, 9.17) is 4.84 Å². The maximum Gasteiger partial charge on any atom is 0.223 e. The summed E-state index contributed by atoms with van der Waals surface area (Å²) < 4.78 is 16.3. The van der Waals surface area contributed by atoms with Gasteiger partial charge in [0.1, 0.15) is 11.3 Å². The molecule has 1 aliphatic rings. The highest BCUT2D eigenvalue weighted by Crippen LogP contribution is 2.27. The lowest BCUT2D eigenvalue weighted by Gasteiger charge is -2.19. The number of hydrogen-bond donors (Lipinski definition) is 0. The SMILES string of the molecule is CC(C)(C)O/N=C(/c1ccc(C#CC2CC2)cc1)C(F)n1ccnc1. The van der Waals surface area contributed by atoms with E-state index in [0.29, 0.717) is 11.5 Å². The first-order valence-electron chi connectivity index (χ1n) is 8.42. The van der Waals surface area contributed by atoms with Crippen molar-refractivity contribution in [2.45, 2.75) is 45.5 Å². The quantitative estimate of drug-likeness (QED) is 0.472. The summed E-state index contributed by atoms with van der Waals surface area (Å²) in [7, 11) is 0. The average Bonchev–Trinajstić information content (AvgIpc) is 3.24. The Balaban J connectivity index is 1.86. The molecule has 1 aliphatic carbocycles. The molecule has 1 heterocycles. The van der Waals surface area contributed by atoms with Crippen LogP contribution in [0.25, 0.3) is 0 Å². The molecule has 1 atom stereocenters. The van der Waals surface area contributed by atoms with Crippen molar-refractivity contribution >= 4 is 5.71 Å². The molecule has 1 aromatic carbocycles. The summed E-state index contributed by atoms with van der Waals surface area (Å²) in [6, 6.07) is 7.42. The summed E-state index contributed by atoms with van der Waals surface area (Å²) in [5, 5.41) is 4.09. The van der Waals surface area contributed by atoms with Crippen molar-refractivity contribution in [2.24, 2.45) is 11.1 Å². The first-order chi connectivity index (χ1) is 11.9. The third-order valence-electron chi connectivity index (χ3n) is 3.61. The summed E-state index contributed by atoms with van der Waals surface area (Å²) in [6.45, 7) is 5.61. The lowest BCUT2D eigenvalue weighted by molar-refractivity contribution is -0.000564. The van der Waals surface area contributed by atoms with Crippen LogP contribution in [0, 0.1) is 17.8 Å². The fraction of sp³-hybridized carbons (Fsp3) is 0.400. The van der Waals surface area contributed by atoms with Gasteiger partial charge in [-0.15, -0.1) is 0 Å². The van der Waals surface area contributed by atoms with Crippen LogP contribution in [0.1, 0.15) is 51.0 Å². The first kappa shape index (κ1) is 17.2. The number of imidazole rings is 1. The van der Waals surface area contributed by atoms with Gasteiger partial charge in [0.2, 0.25) is 6.30 Å². The third kappa shape index (κ3) is 4.93. The van der Waals surface area contributed by atoms with E-state index < -0.39 is 11.9 Å². The molecule has 0 spiro atoms. The normalized spacial score (nSPS) is 16.1. The molecule has 1 saturated carbocycles. The van der Waals surface area contributed by atoms with Gasteiger partial charge in [0.05, 0.1) is 6.33 Å². The Morgan fingerprint density at radius 1 is 1.32 bits per heavy atom. The summed E-state index contributed by atoms with van der Waals surface area (Å²) in [5.41, 5.74) is 1.28. The zero-order valence-corrected chi connectivity index (χ0v) is 14.7. The highest BCUT2D eigenvalue weighted by molar-refractivity contribution is 6.02. The molecular weight excluding hydrogens is 317 g/mol. The lowest BCUT2D eigenvalue weighted by atomic mass is 10.1. The number of benzene rings is 1. The molecule has 5 heteroatoms. The first-order valence-corrected chi connectivity index (χ1v) is 8.42. The van der Waals surface area contributed by atoms with E-state index in [1.54, 1.807) is 6.20 Å². The molecule has 0 radical (unpaired) electrons. The van der Waals surface area contributed by atoms with Crippen molar-refractivity contribution < 1.29 is 9.23 Å². The molecule has 3 rings (SSSR count). The second-order valence-electron chi connectivity index (χ2n) is 7.15. The minimum absolute atomic E-state index is 0.203. The van der Waals surface area contributed by atoms with Crippen molar-refractivity contribution in [3.8, 4) is 11.8 Å². The summed E-state index contributed by atoms with van der Waals surface area (Å²) in [6.07, 6.45) is 5.43. The maximum absolute atomic E-state index is 14.9. The highest BCUT2D eigenvalue weighted by atomic mass is 19.1. The van der Waals surface area contributed by atoms with Crippen LogP contribution < -0.4 is 0 Å². The van der Waals surface area contributed by atoms with Gasteiger partial charge in [-0.3, -0.25) is 0 Å². The van der Waals surface area contributed by atoms with Gasteiger partial charge in [-0.05, 0) is 45.7 Å². The number of oxime groups is 1. The van der Waals surface area contributed by atoms with Crippen molar-refractivity contribution in [1.29, 1.82) is 0 Å². The monoisotopic (exact) mass is 339 g/mol. The minimum atomic E-state index is -1.48. The van der Waals surface area contributed by atoms with Gasteiger partial charge >= 0.3 is 0 Å². The van der Waals surface area contributed by atoms with Crippen LogP contribution in [0.3, 0.4) is 0 Å². The topological polar surface area (TPSA) is 39.4 Å². The smallest absolute Gasteiger partial charge is 0.223 e. The Morgan fingerprint density at radius 2 is 2.04 bits per heavy atom. The Labute approximate surface area is 147 Å². The fourth-order valence-electron chi connectivity index (χ4n) is 2.10. The Bertz CT molecular complexity index is 788. The van der Waals surface area contributed by atoms with Gasteiger partial charge in [-0.25, -0.2) is 9.37 Å². The molecule has 0 N–H and O–H groups in total. The number of alkyl halides is 1. The molecule has 0 saturated heterocycles. The number of hydrogen-bond acceptors (Lipinski definition) is 3. The van der Waals surface area contributed by atoms with Gasteiger partial charge in [0, 0.05) is 29.4 Å². The number of halogens is 1. The second kappa shape index (κ2) is 7.10. The van der Waals surface area contributed by atoms with Gasteiger partial charge in [0.15, 0.2) is 0 Å². The van der Waals surface area contributed by atoms with Gasteiger partial charge in [-0.2, -0.15) is 0 Å². The molecule has 2 aromatic rings. The molecule has 0 amide bonds. The van der Waals surface area contributed by atoms with Gasteiger partial charge in [-0.1, -0.05) is 29.1 Å². The predicted molar refractivity (Wildman–Crippen MR) is 95.8 cm³/mol. The third-order valence-corrected chi connectivity index (χ3v) is 3.61. The Kier molecular flexibility index (Phi) is 4.89. The fourth-order valence-corrected chi connectivity index (χ4v) is 2.10. The van der Waals surface area contributed by atoms with Crippen LogP contribution in [-0.4, -0.2) is 20.9 Å². The van der Waals surface area contributed by atoms with Crippen molar-refractivity contribution in [3.63, 3.8) is 0 Å². The van der Waals surface area contributed by atoms with E-state index in [2.05, 4.69) is 22.0 Å². The summed E-state index contributed by atoms with van der Waals surface area (Å²) in [5.74, 6) is 6.93. The molecule has 0 aliphatic heterocycles. The average molecular weight is 339 g/mol. The van der Waals surface area contributed by atoms with Crippen LogP contribution in [0.5, 0.6) is 0 Å². The van der Waals surface area contributed by atoms with E-state index in [9.17, 15) is 4.39 Å². The van der Waals surface area contributed by atoms with E-state index in [-0.39, 0.29) is 5.71 Å². The molecule has 4 nitrogen and oxygen atoms in total. The van der Waals surface area contributed by atoms with E-state index in [1.807, 2.05) is 45.0 Å². The van der Waals surface area contributed by atoms with Crippen LogP contribution in [0.4, 0.5) is 4.39 Å². The molecule has 25 heavy (non-hydrogen) atoms. The van der Waals surface area contributed by atoms with Crippen molar-refractivity contribution in [1.82, 2.24) is 9.55 Å². The minimum Gasteiger partial charge on any atom is -0.390 e. The van der Waals surface area contributed by atoms with Gasteiger partial charge in [0.25, 0.3) is 0 Å². The zero-order valence-electron chi connectivity index (χ0n) is 14.7. The number of nitrogens with zero attached hydrogens (tertiary/aromatic N) is 3. The zero-order chi connectivity index (χ0) is 17.9. The summed E-state index contributed by atoms with van der Waals surface area (Å²) >= 11 is 0. The van der Waals surface area contributed by atoms with Crippen LogP contribution >= 0.6 is 0 Å². The molecule has 1 unspecified atom stereocenters. The number of rotatable bonds is 4. The standard InChI is InChI=1S/C20H22FN3O/c1-20(2,3)25-23-18(19(21)24-13-12-22-14-24)17-10-8-16(9-11-17)7-6-15-4-5-15/h8-15,19H,4-5H2,1-3H3/b23-18-. The van der Waals surface area contributed by atoms with E-state index in [1.165, 1.54) is 29.9 Å². The van der Waals surface area contributed by atoms with Crippen LogP contribution in [0.15, 0.2) is 48.1 Å². The number of aromatic nitrogens is 2. The molecule has 1 aromatic heterocycles. The second-order valence-corrected chi connectivity index (χ2v) is 7.15. The lowest BCUT2D eigenvalue weighted by Crippen LogP contribution is -2.21. The highest BCUT2D eigenvalue weighted by Gasteiger charge is 2.21. The van der Waals surface area contributed by atoms with E-state index >= 15 is 0 Å². The Morgan fingerprint density at radius 3 is 2.60 bits per heavy atom. The van der Waals surface area contributed by atoms with Gasteiger partial charge < -0.3 is 9.40 Å². The molecular formula is C20H22FN3O. The van der Waals surface area contributed by atoms with Crippen LogP contribution in [-0.2, 0) is 4.84 Å². The summed E-state index contributed by atoms with van der Waals surface area (Å²) in [4.78, 5) is 9.37.